The molecular weight excluding hydrogens is 214 g/mol. The van der Waals surface area contributed by atoms with Gasteiger partial charge in [-0.05, 0) is 30.9 Å². The third-order valence-electron chi connectivity index (χ3n) is 3.00. The minimum absolute atomic E-state index is 0.0682. The van der Waals surface area contributed by atoms with Crippen LogP contribution in [0.15, 0.2) is 18.3 Å². The lowest BCUT2D eigenvalue weighted by molar-refractivity contribution is 0.0944. The van der Waals surface area contributed by atoms with Crippen LogP contribution in [-0.2, 0) is 0 Å². The minimum atomic E-state index is -0.0682. The molecule has 0 aromatic carbocycles. The smallest absolute Gasteiger partial charge is 0.270 e. The molecule has 0 aliphatic heterocycles. The molecule has 1 amide bonds. The highest BCUT2D eigenvalue weighted by molar-refractivity contribution is 5.92. The summed E-state index contributed by atoms with van der Waals surface area (Å²) in [7, 11) is 0. The predicted molar refractivity (Wildman–Crippen MR) is 68.1 cm³/mol. The van der Waals surface area contributed by atoms with Gasteiger partial charge in [0.15, 0.2) is 0 Å². The molecule has 0 saturated heterocycles. The second-order valence-corrected chi connectivity index (χ2v) is 4.65. The third-order valence-corrected chi connectivity index (χ3v) is 3.00. The van der Waals surface area contributed by atoms with Gasteiger partial charge >= 0.3 is 0 Å². The van der Waals surface area contributed by atoms with Crippen LogP contribution < -0.4 is 10.6 Å². The van der Waals surface area contributed by atoms with Crippen molar-refractivity contribution in [1.29, 1.82) is 0 Å². The molecule has 0 radical (unpaired) electrons. The molecule has 2 atom stereocenters. The molecule has 2 rings (SSSR count). The minimum Gasteiger partial charge on any atom is -0.384 e. The van der Waals surface area contributed by atoms with Gasteiger partial charge in [0.2, 0.25) is 0 Å². The van der Waals surface area contributed by atoms with Crippen LogP contribution in [0.2, 0.25) is 0 Å². The number of nitrogens with one attached hydrogen (secondary N) is 2. The van der Waals surface area contributed by atoms with Crippen LogP contribution in [0.3, 0.4) is 0 Å². The van der Waals surface area contributed by atoms with Crippen LogP contribution >= 0.6 is 0 Å². The van der Waals surface area contributed by atoms with Crippen molar-refractivity contribution in [3.05, 3.63) is 24.0 Å². The van der Waals surface area contributed by atoms with Crippen molar-refractivity contribution in [2.24, 2.45) is 5.92 Å². The van der Waals surface area contributed by atoms with Crippen LogP contribution in [0, 0.1) is 5.92 Å². The number of aromatic nitrogens is 1. The van der Waals surface area contributed by atoms with Crippen molar-refractivity contribution in [1.82, 2.24) is 10.3 Å². The molecule has 1 aromatic rings. The first-order valence-electron chi connectivity index (χ1n) is 6.21. The summed E-state index contributed by atoms with van der Waals surface area (Å²) in [6, 6.07) is 4.01. The van der Waals surface area contributed by atoms with E-state index in [1.807, 2.05) is 6.07 Å². The topological polar surface area (TPSA) is 54.0 Å². The van der Waals surface area contributed by atoms with E-state index in [0.717, 1.165) is 25.1 Å². The number of carbonyl (C=O) groups excluding carboxylic acids is 1. The van der Waals surface area contributed by atoms with Gasteiger partial charge in [0.1, 0.15) is 5.69 Å². The van der Waals surface area contributed by atoms with Gasteiger partial charge in [-0.1, -0.05) is 13.8 Å². The number of nitrogens with zero attached hydrogens (tertiary/aromatic N) is 1. The summed E-state index contributed by atoms with van der Waals surface area (Å²) in [6.45, 7) is 5.17. The molecule has 17 heavy (non-hydrogen) atoms. The largest absolute Gasteiger partial charge is 0.384 e. The summed E-state index contributed by atoms with van der Waals surface area (Å²) in [5.41, 5.74) is 1.45. The van der Waals surface area contributed by atoms with Gasteiger partial charge in [0, 0.05) is 12.6 Å². The lowest BCUT2D eigenvalue weighted by Gasteiger charge is -2.06. The molecule has 0 bridgehead atoms. The van der Waals surface area contributed by atoms with Gasteiger partial charge in [0.25, 0.3) is 5.91 Å². The SMILES string of the molecule is CCCNc1ccc(C(=O)NC2CC2C)nc1. The summed E-state index contributed by atoms with van der Waals surface area (Å²) in [6.07, 6.45) is 3.87. The fourth-order valence-electron chi connectivity index (χ4n) is 1.67. The zero-order valence-electron chi connectivity index (χ0n) is 10.4. The van der Waals surface area contributed by atoms with E-state index in [1.54, 1.807) is 12.3 Å². The number of anilines is 1. The van der Waals surface area contributed by atoms with Gasteiger partial charge in [-0.25, -0.2) is 4.98 Å². The number of hydrogen-bond acceptors (Lipinski definition) is 3. The van der Waals surface area contributed by atoms with Crippen LogP contribution in [0.4, 0.5) is 5.69 Å². The monoisotopic (exact) mass is 233 g/mol. The number of carbonyl (C=O) groups is 1. The van der Waals surface area contributed by atoms with E-state index in [4.69, 9.17) is 0 Å². The fraction of sp³-hybridized carbons (Fsp3) is 0.538. The highest BCUT2D eigenvalue weighted by Gasteiger charge is 2.34. The molecule has 1 saturated carbocycles. The highest BCUT2D eigenvalue weighted by atomic mass is 16.2. The van der Waals surface area contributed by atoms with Crippen molar-refractivity contribution >= 4 is 11.6 Å². The average molecular weight is 233 g/mol. The summed E-state index contributed by atoms with van der Waals surface area (Å²) in [5.74, 6) is 0.547. The third kappa shape index (κ3) is 3.19. The van der Waals surface area contributed by atoms with E-state index < -0.39 is 0 Å². The maximum absolute atomic E-state index is 11.8. The van der Waals surface area contributed by atoms with Gasteiger partial charge in [-0.15, -0.1) is 0 Å². The Balaban J connectivity index is 1.90. The van der Waals surface area contributed by atoms with E-state index in [-0.39, 0.29) is 5.91 Å². The first-order valence-corrected chi connectivity index (χ1v) is 6.21. The van der Waals surface area contributed by atoms with Gasteiger partial charge in [0.05, 0.1) is 11.9 Å². The van der Waals surface area contributed by atoms with Crippen LogP contribution in [0.25, 0.3) is 0 Å². The number of rotatable bonds is 5. The van der Waals surface area contributed by atoms with E-state index in [2.05, 4.69) is 29.5 Å². The molecule has 1 heterocycles. The van der Waals surface area contributed by atoms with Crippen LogP contribution in [-0.4, -0.2) is 23.5 Å². The molecule has 1 aliphatic carbocycles. The Morgan fingerprint density at radius 1 is 1.53 bits per heavy atom. The standard InChI is InChI=1S/C13H19N3O/c1-3-6-14-10-4-5-11(15-8-10)13(17)16-12-7-9(12)2/h4-5,8-9,12,14H,3,6-7H2,1-2H3,(H,16,17). The van der Waals surface area contributed by atoms with Crippen LogP contribution in [0.1, 0.15) is 37.2 Å². The molecular formula is C13H19N3O. The summed E-state index contributed by atoms with van der Waals surface area (Å²) >= 11 is 0. The van der Waals surface area contributed by atoms with Crippen molar-refractivity contribution in [3.8, 4) is 0 Å². The molecule has 2 unspecified atom stereocenters. The zero-order valence-corrected chi connectivity index (χ0v) is 10.4. The van der Waals surface area contributed by atoms with E-state index >= 15 is 0 Å². The predicted octanol–water partition coefficient (Wildman–Crippen LogP) is 2.04. The molecule has 1 aliphatic rings. The Kier molecular flexibility index (Phi) is 3.61. The Hall–Kier alpha value is -1.58. The molecule has 1 aromatic heterocycles. The second kappa shape index (κ2) is 5.17. The number of pyridine rings is 1. The van der Waals surface area contributed by atoms with E-state index in [1.165, 1.54) is 0 Å². The van der Waals surface area contributed by atoms with Crippen molar-refractivity contribution in [3.63, 3.8) is 0 Å². The molecule has 0 spiro atoms. The number of amides is 1. The summed E-state index contributed by atoms with van der Waals surface area (Å²) < 4.78 is 0. The van der Waals surface area contributed by atoms with E-state index in [0.29, 0.717) is 17.7 Å². The van der Waals surface area contributed by atoms with Gasteiger partial charge < -0.3 is 10.6 Å². The summed E-state index contributed by atoms with van der Waals surface area (Å²) in [5, 5.41) is 6.19. The first-order chi connectivity index (χ1) is 8.20. The molecule has 4 heteroatoms. The molecule has 2 N–H and O–H groups in total. The highest BCUT2D eigenvalue weighted by Crippen LogP contribution is 2.29. The quantitative estimate of drug-likeness (QED) is 0.818. The van der Waals surface area contributed by atoms with E-state index in [9.17, 15) is 4.79 Å². The Bertz CT molecular complexity index is 388. The second-order valence-electron chi connectivity index (χ2n) is 4.65. The maximum Gasteiger partial charge on any atom is 0.270 e. The Labute approximate surface area is 102 Å². The Morgan fingerprint density at radius 3 is 2.82 bits per heavy atom. The summed E-state index contributed by atoms with van der Waals surface area (Å²) in [4.78, 5) is 15.9. The maximum atomic E-state index is 11.8. The fourth-order valence-corrected chi connectivity index (χ4v) is 1.67. The lowest BCUT2D eigenvalue weighted by Crippen LogP contribution is -2.27. The molecule has 92 valence electrons. The lowest BCUT2D eigenvalue weighted by atomic mass is 10.3. The molecule has 1 fully saturated rings. The van der Waals surface area contributed by atoms with Crippen molar-refractivity contribution in [2.75, 3.05) is 11.9 Å². The van der Waals surface area contributed by atoms with Crippen LogP contribution in [0.5, 0.6) is 0 Å². The van der Waals surface area contributed by atoms with Gasteiger partial charge in [-0.2, -0.15) is 0 Å². The zero-order chi connectivity index (χ0) is 12.3. The average Bonchev–Trinajstić information content (AvgIpc) is 3.03. The number of hydrogen-bond donors (Lipinski definition) is 2. The Morgan fingerprint density at radius 2 is 2.29 bits per heavy atom. The van der Waals surface area contributed by atoms with Crippen molar-refractivity contribution in [2.45, 2.75) is 32.7 Å². The molecule has 4 nitrogen and oxygen atoms in total. The first kappa shape index (κ1) is 11.9. The van der Waals surface area contributed by atoms with Gasteiger partial charge in [-0.3, -0.25) is 4.79 Å². The van der Waals surface area contributed by atoms with Crippen molar-refractivity contribution < 1.29 is 4.79 Å². The normalized spacial score (nSPS) is 22.0.